The Kier molecular flexibility index (Phi) is 9.76. The number of aryl methyl sites for hydroxylation is 1. The number of furan rings is 1. The number of aliphatic imine (C=N–C) groups is 1. The normalized spacial score (nSPS) is 16.4. The van der Waals surface area contributed by atoms with Crippen LogP contribution in [0, 0.1) is 0 Å². The number of guanidine groups is 1. The highest BCUT2D eigenvalue weighted by Crippen LogP contribution is 2.24. The molecule has 1 aliphatic rings. The largest absolute Gasteiger partial charge is 0.468 e. The predicted molar refractivity (Wildman–Crippen MR) is 121 cm³/mol. The fraction of sp³-hybridized carbons (Fsp3) is 0.632. The average molecular weight is 501 g/mol. The molecule has 2 aromatic rings. The minimum atomic E-state index is 0. The van der Waals surface area contributed by atoms with Gasteiger partial charge in [-0.2, -0.15) is 0 Å². The number of aromatic nitrogens is 3. The minimum Gasteiger partial charge on any atom is -0.468 e. The molecule has 1 atom stereocenters. The Morgan fingerprint density at radius 3 is 2.75 bits per heavy atom. The van der Waals surface area contributed by atoms with Crippen molar-refractivity contribution in [1.29, 1.82) is 0 Å². The minimum absolute atomic E-state index is 0. The maximum atomic E-state index is 5.73. The molecule has 1 saturated heterocycles. The van der Waals surface area contributed by atoms with Crippen molar-refractivity contribution in [1.82, 2.24) is 30.3 Å². The van der Waals surface area contributed by atoms with Crippen LogP contribution in [-0.4, -0.2) is 51.8 Å². The van der Waals surface area contributed by atoms with Gasteiger partial charge in [-0.05, 0) is 51.9 Å². The number of hydrogen-bond acceptors (Lipinski definition) is 5. The van der Waals surface area contributed by atoms with E-state index in [-0.39, 0.29) is 30.0 Å². The number of hydrogen-bond donors (Lipinski definition) is 2. The molecule has 8 nitrogen and oxygen atoms in total. The highest BCUT2D eigenvalue weighted by Gasteiger charge is 2.24. The number of nitrogens with one attached hydrogen (secondary N) is 2. The summed E-state index contributed by atoms with van der Waals surface area (Å²) in [7, 11) is 0. The van der Waals surface area contributed by atoms with Gasteiger partial charge in [0.25, 0.3) is 0 Å². The van der Waals surface area contributed by atoms with Crippen LogP contribution in [0.2, 0.25) is 0 Å². The summed E-state index contributed by atoms with van der Waals surface area (Å²) in [6, 6.07) is 4.24. The first kappa shape index (κ1) is 22.7. The Bertz CT molecular complexity index is 695. The van der Waals surface area contributed by atoms with Crippen molar-refractivity contribution in [2.75, 3.05) is 26.2 Å². The van der Waals surface area contributed by atoms with Gasteiger partial charge in [0.1, 0.15) is 18.6 Å². The molecular weight excluding hydrogens is 469 g/mol. The van der Waals surface area contributed by atoms with E-state index >= 15 is 0 Å². The summed E-state index contributed by atoms with van der Waals surface area (Å²) in [5.74, 6) is 2.66. The topological polar surface area (TPSA) is 83.5 Å². The van der Waals surface area contributed by atoms with Gasteiger partial charge in [0.2, 0.25) is 0 Å². The standard InChI is InChI=1S/C19H31N7O.HI/c1-3-20-19(22-14-18-24-23-15-25(18)4-2)21-13-16(17-9-8-12-27-17)26-10-6-5-7-11-26;/h8-9,12,15-16H,3-7,10-11,13-14H2,1-2H3,(H2,20,21,22);1H. The Morgan fingerprint density at radius 1 is 1.25 bits per heavy atom. The number of piperidine rings is 1. The third-order valence-electron chi connectivity index (χ3n) is 4.93. The zero-order valence-electron chi connectivity index (χ0n) is 16.8. The highest BCUT2D eigenvalue weighted by atomic mass is 127. The molecular formula is C19H32IN7O. The molecule has 2 aromatic heterocycles. The van der Waals surface area contributed by atoms with Gasteiger partial charge in [0.05, 0.1) is 12.3 Å². The van der Waals surface area contributed by atoms with Gasteiger partial charge in [-0.3, -0.25) is 4.90 Å². The second-order valence-electron chi connectivity index (χ2n) is 6.74. The predicted octanol–water partition coefficient (Wildman–Crippen LogP) is 2.79. The summed E-state index contributed by atoms with van der Waals surface area (Å²) in [5.41, 5.74) is 0. The fourth-order valence-corrected chi connectivity index (χ4v) is 3.47. The summed E-state index contributed by atoms with van der Waals surface area (Å²) in [4.78, 5) is 7.19. The molecule has 0 saturated carbocycles. The first-order chi connectivity index (χ1) is 13.3. The van der Waals surface area contributed by atoms with Gasteiger partial charge in [0, 0.05) is 19.6 Å². The Hall–Kier alpha value is -1.62. The summed E-state index contributed by atoms with van der Waals surface area (Å²) in [5, 5.41) is 14.9. The maximum Gasteiger partial charge on any atom is 0.191 e. The molecule has 0 radical (unpaired) electrons. The van der Waals surface area contributed by atoms with Crippen molar-refractivity contribution in [3.63, 3.8) is 0 Å². The van der Waals surface area contributed by atoms with Crippen LogP contribution < -0.4 is 10.6 Å². The quantitative estimate of drug-likeness (QED) is 0.329. The molecule has 1 fully saturated rings. The van der Waals surface area contributed by atoms with Crippen molar-refractivity contribution in [3.05, 3.63) is 36.3 Å². The van der Waals surface area contributed by atoms with Crippen LogP contribution in [0.5, 0.6) is 0 Å². The summed E-state index contributed by atoms with van der Waals surface area (Å²) in [6.07, 6.45) is 7.31. The molecule has 0 aliphatic carbocycles. The molecule has 3 heterocycles. The lowest BCUT2D eigenvalue weighted by Gasteiger charge is -2.33. The second kappa shape index (κ2) is 12.1. The van der Waals surface area contributed by atoms with Crippen LogP contribution in [0.4, 0.5) is 0 Å². The van der Waals surface area contributed by atoms with E-state index in [0.717, 1.165) is 50.3 Å². The molecule has 2 N–H and O–H groups in total. The molecule has 0 spiro atoms. The highest BCUT2D eigenvalue weighted by molar-refractivity contribution is 14.0. The molecule has 3 rings (SSSR count). The summed E-state index contributed by atoms with van der Waals surface area (Å²) in [6.45, 7) is 9.27. The van der Waals surface area contributed by atoms with E-state index in [0.29, 0.717) is 6.54 Å². The van der Waals surface area contributed by atoms with Gasteiger partial charge in [-0.25, -0.2) is 4.99 Å². The zero-order chi connectivity index (χ0) is 18.9. The first-order valence-corrected chi connectivity index (χ1v) is 9.98. The molecule has 0 aromatic carbocycles. The van der Waals surface area contributed by atoms with Gasteiger partial charge >= 0.3 is 0 Å². The van der Waals surface area contributed by atoms with Crippen LogP contribution in [0.3, 0.4) is 0 Å². The summed E-state index contributed by atoms with van der Waals surface area (Å²) >= 11 is 0. The smallest absolute Gasteiger partial charge is 0.191 e. The van der Waals surface area contributed by atoms with E-state index in [1.807, 2.05) is 10.6 Å². The Morgan fingerprint density at radius 2 is 2.07 bits per heavy atom. The first-order valence-electron chi connectivity index (χ1n) is 9.98. The van der Waals surface area contributed by atoms with Crippen molar-refractivity contribution in [2.45, 2.75) is 52.2 Å². The van der Waals surface area contributed by atoms with Crippen LogP contribution in [0.15, 0.2) is 34.1 Å². The van der Waals surface area contributed by atoms with Crippen molar-refractivity contribution in [2.24, 2.45) is 4.99 Å². The Balaban J connectivity index is 0.00000280. The van der Waals surface area contributed by atoms with E-state index in [1.165, 1.54) is 19.3 Å². The third kappa shape index (κ3) is 6.20. The molecule has 1 aliphatic heterocycles. The monoisotopic (exact) mass is 501 g/mol. The lowest BCUT2D eigenvalue weighted by Crippen LogP contribution is -2.44. The molecule has 9 heteroatoms. The SMILES string of the molecule is CCNC(=NCc1nncn1CC)NCC(c1ccco1)N1CCCCC1.I. The van der Waals surface area contributed by atoms with E-state index in [1.54, 1.807) is 12.6 Å². The maximum absolute atomic E-state index is 5.73. The van der Waals surface area contributed by atoms with Crippen LogP contribution in [-0.2, 0) is 13.1 Å². The molecule has 28 heavy (non-hydrogen) atoms. The van der Waals surface area contributed by atoms with Gasteiger partial charge in [-0.15, -0.1) is 34.2 Å². The van der Waals surface area contributed by atoms with Gasteiger partial charge < -0.3 is 19.6 Å². The van der Waals surface area contributed by atoms with Crippen LogP contribution in [0.1, 0.15) is 50.7 Å². The lowest BCUT2D eigenvalue weighted by molar-refractivity contribution is 0.146. The third-order valence-corrected chi connectivity index (χ3v) is 4.93. The van der Waals surface area contributed by atoms with Gasteiger partial charge in [0.15, 0.2) is 11.8 Å². The Labute approximate surface area is 184 Å². The van der Waals surface area contributed by atoms with Crippen LogP contribution >= 0.6 is 24.0 Å². The van der Waals surface area contributed by atoms with Crippen molar-refractivity contribution in [3.8, 4) is 0 Å². The summed E-state index contributed by atoms with van der Waals surface area (Å²) < 4.78 is 7.73. The van der Waals surface area contributed by atoms with Crippen molar-refractivity contribution < 1.29 is 4.42 Å². The molecule has 156 valence electrons. The van der Waals surface area contributed by atoms with Crippen LogP contribution in [0.25, 0.3) is 0 Å². The van der Waals surface area contributed by atoms with E-state index in [9.17, 15) is 0 Å². The number of rotatable bonds is 8. The van der Waals surface area contributed by atoms with E-state index in [4.69, 9.17) is 4.42 Å². The van der Waals surface area contributed by atoms with Gasteiger partial charge in [-0.1, -0.05) is 6.42 Å². The molecule has 0 bridgehead atoms. The lowest BCUT2D eigenvalue weighted by atomic mass is 10.1. The zero-order valence-corrected chi connectivity index (χ0v) is 19.1. The number of halogens is 1. The molecule has 0 amide bonds. The second-order valence-corrected chi connectivity index (χ2v) is 6.74. The molecule has 1 unspecified atom stereocenters. The number of likely N-dealkylation sites (tertiary alicyclic amines) is 1. The van der Waals surface area contributed by atoms with E-state index in [2.05, 4.69) is 50.6 Å². The fourth-order valence-electron chi connectivity index (χ4n) is 3.47. The number of nitrogens with zero attached hydrogens (tertiary/aromatic N) is 5. The van der Waals surface area contributed by atoms with Crippen molar-refractivity contribution >= 4 is 29.9 Å². The van der Waals surface area contributed by atoms with E-state index < -0.39 is 0 Å². The average Bonchev–Trinajstić information content (AvgIpc) is 3.39.